The molecule has 1 atom stereocenters. The van der Waals surface area contributed by atoms with Crippen LogP contribution < -0.4 is 0 Å². The number of Topliss-reactive ketones (excluding diaryl/α,β-unsaturated/α-hetero) is 1. The number of allylic oxidation sites excluding steroid dienone is 4. The standard InChI is InChI=1S/C24H32O3/c1-17-11-23(3,19-9-7-6-8-10-19)14-22(25)18(2)21-13-24(15-26-4,16-27-5)12-20(17)21/h6-10H,11-16H2,1-5H3/b20-17-,21-18-. The summed E-state index contributed by atoms with van der Waals surface area (Å²) < 4.78 is 11.1. The summed E-state index contributed by atoms with van der Waals surface area (Å²) in [5.41, 5.74) is 5.93. The predicted molar refractivity (Wildman–Crippen MR) is 109 cm³/mol. The molecule has 1 fully saturated rings. The van der Waals surface area contributed by atoms with Crippen molar-refractivity contribution in [3.05, 3.63) is 58.2 Å². The van der Waals surface area contributed by atoms with Crippen LogP contribution in [0.25, 0.3) is 0 Å². The summed E-state index contributed by atoms with van der Waals surface area (Å²) in [4.78, 5) is 13.2. The Kier molecular flexibility index (Phi) is 5.73. The predicted octanol–water partition coefficient (Wildman–Crippen LogP) is 5.01. The highest BCUT2D eigenvalue weighted by atomic mass is 16.5. The molecule has 0 spiro atoms. The van der Waals surface area contributed by atoms with Crippen LogP contribution in [0.4, 0.5) is 0 Å². The Bertz CT molecular complexity index is 766. The molecule has 146 valence electrons. The number of rotatable bonds is 5. The molecule has 3 heteroatoms. The van der Waals surface area contributed by atoms with E-state index in [1.165, 1.54) is 22.3 Å². The largest absolute Gasteiger partial charge is 0.384 e. The van der Waals surface area contributed by atoms with E-state index in [4.69, 9.17) is 9.47 Å². The van der Waals surface area contributed by atoms with Crippen LogP contribution in [0.15, 0.2) is 52.6 Å². The summed E-state index contributed by atoms with van der Waals surface area (Å²) in [7, 11) is 3.50. The Morgan fingerprint density at radius 2 is 1.48 bits per heavy atom. The lowest BCUT2D eigenvalue weighted by Gasteiger charge is -2.33. The molecule has 27 heavy (non-hydrogen) atoms. The first-order valence-electron chi connectivity index (χ1n) is 9.79. The van der Waals surface area contributed by atoms with Gasteiger partial charge in [-0.1, -0.05) is 42.8 Å². The number of ketones is 1. The van der Waals surface area contributed by atoms with Crippen molar-refractivity contribution in [1.82, 2.24) is 0 Å². The summed E-state index contributed by atoms with van der Waals surface area (Å²) in [6, 6.07) is 10.5. The van der Waals surface area contributed by atoms with Crippen LogP contribution in [0, 0.1) is 5.41 Å². The molecule has 0 amide bonds. The zero-order valence-electron chi connectivity index (χ0n) is 17.4. The normalized spacial score (nSPS) is 30.8. The van der Waals surface area contributed by atoms with Crippen molar-refractivity contribution in [1.29, 1.82) is 0 Å². The summed E-state index contributed by atoms with van der Waals surface area (Å²) in [5.74, 6) is 0.270. The smallest absolute Gasteiger partial charge is 0.159 e. The lowest BCUT2D eigenvalue weighted by Crippen LogP contribution is -2.28. The Balaban J connectivity index is 2.07. The molecule has 3 rings (SSSR count). The fourth-order valence-corrected chi connectivity index (χ4v) is 5.11. The van der Waals surface area contributed by atoms with E-state index in [1.54, 1.807) is 14.2 Å². The molecule has 0 radical (unpaired) electrons. The van der Waals surface area contributed by atoms with Gasteiger partial charge in [-0.2, -0.15) is 0 Å². The van der Waals surface area contributed by atoms with E-state index in [1.807, 2.05) is 13.0 Å². The first kappa shape index (κ1) is 20.0. The van der Waals surface area contributed by atoms with Crippen molar-refractivity contribution in [3.8, 4) is 0 Å². The first-order valence-corrected chi connectivity index (χ1v) is 9.79. The van der Waals surface area contributed by atoms with Gasteiger partial charge in [-0.15, -0.1) is 0 Å². The Labute approximate surface area is 163 Å². The van der Waals surface area contributed by atoms with E-state index in [2.05, 4.69) is 38.1 Å². The Morgan fingerprint density at radius 1 is 0.889 bits per heavy atom. The summed E-state index contributed by atoms with van der Waals surface area (Å²) >= 11 is 0. The first-order chi connectivity index (χ1) is 12.8. The third kappa shape index (κ3) is 3.81. The van der Waals surface area contributed by atoms with Crippen molar-refractivity contribution < 1.29 is 14.3 Å². The Hall–Kier alpha value is -1.71. The quantitative estimate of drug-likeness (QED) is 0.732. The van der Waals surface area contributed by atoms with Gasteiger partial charge >= 0.3 is 0 Å². The summed E-state index contributed by atoms with van der Waals surface area (Å²) in [6.45, 7) is 7.79. The van der Waals surface area contributed by atoms with Crippen LogP contribution in [0.1, 0.15) is 52.0 Å². The molecular formula is C24H32O3. The van der Waals surface area contributed by atoms with Crippen LogP contribution in [0.3, 0.4) is 0 Å². The molecule has 2 aliphatic carbocycles. The molecule has 2 aliphatic rings. The molecule has 0 aromatic heterocycles. The fraction of sp³-hybridized carbons (Fsp3) is 0.542. The van der Waals surface area contributed by atoms with E-state index < -0.39 is 0 Å². The molecule has 0 bridgehead atoms. The van der Waals surface area contributed by atoms with Gasteiger partial charge in [0.2, 0.25) is 0 Å². The maximum atomic E-state index is 13.2. The number of ether oxygens (including phenoxy) is 2. The van der Waals surface area contributed by atoms with Gasteiger partial charge in [0.1, 0.15) is 0 Å². The van der Waals surface area contributed by atoms with Crippen LogP contribution in [0.2, 0.25) is 0 Å². The zero-order valence-corrected chi connectivity index (χ0v) is 17.4. The maximum absolute atomic E-state index is 13.2. The van der Waals surface area contributed by atoms with Crippen LogP contribution in [0.5, 0.6) is 0 Å². The third-order valence-electron chi connectivity index (χ3n) is 6.43. The number of fused-ring (bicyclic) bond motifs is 1. The highest BCUT2D eigenvalue weighted by Gasteiger charge is 2.44. The van der Waals surface area contributed by atoms with E-state index in [9.17, 15) is 4.79 Å². The monoisotopic (exact) mass is 368 g/mol. The average molecular weight is 369 g/mol. The van der Waals surface area contributed by atoms with Gasteiger partial charge in [-0.25, -0.2) is 0 Å². The highest BCUT2D eigenvalue weighted by molar-refractivity contribution is 5.97. The molecule has 1 saturated carbocycles. The molecule has 0 aliphatic heterocycles. The Morgan fingerprint density at radius 3 is 2.07 bits per heavy atom. The van der Waals surface area contributed by atoms with E-state index in [0.29, 0.717) is 19.6 Å². The second-order valence-corrected chi connectivity index (χ2v) is 8.79. The van der Waals surface area contributed by atoms with Gasteiger partial charge in [0, 0.05) is 31.5 Å². The molecule has 1 unspecified atom stereocenters. The SMILES string of the molecule is COCC1(COC)CC2=C(\C)CC(C)(c3ccccc3)CC(=O)/C(C)=C\2C1. The third-order valence-corrected chi connectivity index (χ3v) is 6.43. The second-order valence-electron chi connectivity index (χ2n) is 8.79. The molecule has 0 saturated heterocycles. The topological polar surface area (TPSA) is 35.5 Å². The van der Waals surface area contributed by atoms with Gasteiger partial charge in [-0.3, -0.25) is 4.79 Å². The summed E-state index contributed by atoms with van der Waals surface area (Å²) in [6.07, 6.45) is 3.25. The van der Waals surface area contributed by atoms with E-state index >= 15 is 0 Å². The number of hydrogen-bond donors (Lipinski definition) is 0. The minimum atomic E-state index is -0.171. The van der Waals surface area contributed by atoms with Gasteiger partial charge in [-0.05, 0) is 55.4 Å². The minimum absolute atomic E-state index is 0.0650. The fourth-order valence-electron chi connectivity index (χ4n) is 5.11. The highest BCUT2D eigenvalue weighted by Crippen LogP contribution is 2.51. The lowest BCUT2D eigenvalue weighted by molar-refractivity contribution is -0.116. The van der Waals surface area contributed by atoms with Crippen molar-refractivity contribution in [2.75, 3.05) is 27.4 Å². The van der Waals surface area contributed by atoms with Crippen molar-refractivity contribution in [2.45, 2.75) is 51.9 Å². The van der Waals surface area contributed by atoms with Gasteiger partial charge in [0.15, 0.2) is 5.78 Å². The number of carbonyl (C=O) groups is 1. The maximum Gasteiger partial charge on any atom is 0.159 e. The number of methoxy groups -OCH3 is 2. The van der Waals surface area contributed by atoms with Crippen LogP contribution in [-0.4, -0.2) is 33.2 Å². The molecule has 1 aromatic rings. The lowest BCUT2D eigenvalue weighted by atomic mass is 9.70. The van der Waals surface area contributed by atoms with E-state index in [0.717, 1.165) is 24.8 Å². The molecule has 1 aromatic carbocycles. The summed E-state index contributed by atoms with van der Waals surface area (Å²) in [5, 5.41) is 0. The number of hydrogen-bond acceptors (Lipinski definition) is 3. The zero-order chi connectivity index (χ0) is 19.7. The molecular weight excluding hydrogens is 336 g/mol. The van der Waals surface area contributed by atoms with Gasteiger partial charge < -0.3 is 9.47 Å². The van der Waals surface area contributed by atoms with Gasteiger partial charge in [0.25, 0.3) is 0 Å². The van der Waals surface area contributed by atoms with E-state index in [-0.39, 0.29) is 16.6 Å². The van der Waals surface area contributed by atoms with Crippen molar-refractivity contribution >= 4 is 5.78 Å². The van der Waals surface area contributed by atoms with Crippen molar-refractivity contribution in [2.24, 2.45) is 5.41 Å². The second kappa shape index (κ2) is 7.73. The van der Waals surface area contributed by atoms with Crippen LogP contribution in [-0.2, 0) is 19.7 Å². The molecule has 0 heterocycles. The number of benzene rings is 1. The molecule has 3 nitrogen and oxygen atoms in total. The van der Waals surface area contributed by atoms with Crippen molar-refractivity contribution in [3.63, 3.8) is 0 Å². The van der Waals surface area contributed by atoms with Crippen LogP contribution >= 0.6 is 0 Å². The number of carbonyl (C=O) groups excluding carboxylic acids is 1. The van der Waals surface area contributed by atoms with Gasteiger partial charge in [0.05, 0.1) is 13.2 Å². The molecule has 0 N–H and O–H groups in total. The minimum Gasteiger partial charge on any atom is -0.384 e. The average Bonchev–Trinajstić information content (AvgIpc) is 3.01.